The van der Waals surface area contributed by atoms with Gasteiger partial charge in [-0.2, -0.15) is 8.78 Å². The average molecular weight is 350 g/mol. The molecule has 2 aromatic carbocycles. The van der Waals surface area contributed by atoms with Crippen LogP contribution in [0.1, 0.15) is 25.3 Å². The Morgan fingerprint density at radius 2 is 1.67 bits per heavy atom. The summed E-state index contributed by atoms with van der Waals surface area (Å²) in [7, 11) is 0. The van der Waals surface area contributed by atoms with Crippen LogP contribution in [0.4, 0.5) is 20.2 Å². The number of nitrogens with one attached hydrogen (secondary N) is 2. The van der Waals surface area contributed by atoms with Crippen molar-refractivity contribution in [1.82, 2.24) is 0 Å². The highest BCUT2D eigenvalue weighted by molar-refractivity contribution is 7.99. The number of benzene rings is 2. The second kappa shape index (κ2) is 8.68. The van der Waals surface area contributed by atoms with Crippen molar-refractivity contribution < 1.29 is 13.6 Å². The third-order valence-corrected chi connectivity index (χ3v) is 4.19. The van der Waals surface area contributed by atoms with Gasteiger partial charge < -0.3 is 10.6 Å². The molecule has 3 nitrogen and oxygen atoms in total. The van der Waals surface area contributed by atoms with Gasteiger partial charge >= 0.3 is 0 Å². The van der Waals surface area contributed by atoms with Crippen molar-refractivity contribution in [3.63, 3.8) is 0 Å². The van der Waals surface area contributed by atoms with Crippen molar-refractivity contribution in [1.29, 1.82) is 0 Å². The Morgan fingerprint density at radius 1 is 1.04 bits per heavy atom. The zero-order valence-corrected chi connectivity index (χ0v) is 14.4. The van der Waals surface area contributed by atoms with Crippen LogP contribution < -0.4 is 10.6 Å². The number of alkyl halides is 2. The highest BCUT2D eigenvalue weighted by atomic mass is 32.2. The van der Waals surface area contributed by atoms with Crippen LogP contribution in [0.5, 0.6) is 0 Å². The van der Waals surface area contributed by atoms with Crippen molar-refractivity contribution >= 4 is 29.0 Å². The fraction of sp³-hybridized carbons (Fsp3) is 0.278. The molecule has 24 heavy (non-hydrogen) atoms. The van der Waals surface area contributed by atoms with Crippen LogP contribution >= 0.6 is 11.8 Å². The molecule has 0 fully saturated rings. The van der Waals surface area contributed by atoms with Gasteiger partial charge in [-0.1, -0.05) is 55.9 Å². The normalized spacial score (nSPS) is 10.9. The first-order chi connectivity index (χ1) is 11.5. The third-order valence-electron chi connectivity index (χ3n) is 3.40. The lowest BCUT2D eigenvalue weighted by atomic mass is 10.0. The third kappa shape index (κ3) is 5.23. The first-order valence-electron chi connectivity index (χ1n) is 7.64. The molecular weight excluding hydrogens is 330 g/mol. The molecule has 0 aliphatic carbocycles. The smallest absolute Gasteiger partial charge is 0.288 e. The lowest BCUT2D eigenvalue weighted by Gasteiger charge is -2.15. The Labute approximate surface area is 144 Å². The maximum absolute atomic E-state index is 12.6. The van der Waals surface area contributed by atoms with Crippen LogP contribution in [-0.2, 0) is 4.79 Å². The lowest BCUT2D eigenvalue weighted by Crippen LogP contribution is -2.22. The van der Waals surface area contributed by atoms with Crippen LogP contribution in [0, 0.1) is 0 Å². The van der Waals surface area contributed by atoms with E-state index in [9.17, 15) is 13.6 Å². The van der Waals surface area contributed by atoms with E-state index in [1.54, 1.807) is 24.3 Å². The molecule has 0 aliphatic heterocycles. The van der Waals surface area contributed by atoms with Crippen molar-refractivity contribution in [2.45, 2.75) is 30.4 Å². The van der Waals surface area contributed by atoms with Crippen LogP contribution in [0.15, 0.2) is 53.4 Å². The maximum Gasteiger partial charge on any atom is 0.288 e. The van der Waals surface area contributed by atoms with Gasteiger partial charge in [0.05, 0.1) is 12.2 Å². The van der Waals surface area contributed by atoms with Crippen molar-refractivity contribution in [2.75, 3.05) is 17.2 Å². The van der Waals surface area contributed by atoms with E-state index in [2.05, 4.69) is 24.5 Å². The SMILES string of the molecule is CC(C)c1ccccc1NCC(=O)Nc1ccccc1SC(F)F. The summed E-state index contributed by atoms with van der Waals surface area (Å²) < 4.78 is 25.1. The molecule has 2 aromatic rings. The molecule has 0 atom stereocenters. The number of hydrogen-bond donors (Lipinski definition) is 2. The number of thioether (sulfide) groups is 1. The Balaban J connectivity index is 2.00. The van der Waals surface area contributed by atoms with Gasteiger partial charge in [0.25, 0.3) is 5.76 Å². The molecule has 0 spiro atoms. The Kier molecular flexibility index (Phi) is 6.61. The number of rotatable bonds is 7. The molecule has 0 bridgehead atoms. The molecule has 0 unspecified atom stereocenters. The highest BCUT2D eigenvalue weighted by Gasteiger charge is 2.12. The summed E-state index contributed by atoms with van der Waals surface area (Å²) in [6.45, 7) is 4.23. The molecule has 2 N–H and O–H groups in total. The number of halogens is 2. The summed E-state index contributed by atoms with van der Waals surface area (Å²) in [5, 5.41) is 5.79. The molecule has 0 radical (unpaired) electrons. The number of hydrogen-bond acceptors (Lipinski definition) is 3. The fourth-order valence-corrected chi connectivity index (χ4v) is 2.90. The predicted octanol–water partition coefficient (Wildman–Crippen LogP) is 5.18. The Bertz CT molecular complexity index is 692. The molecular formula is C18H20F2N2OS. The second-order valence-electron chi connectivity index (χ2n) is 5.52. The van der Waals surface area contributed by atoms with Gasteiger partial charge in [-0.05, 0) is 29.7 Å². The quantitative estimate of drug-likeness (QED) is 0.677. The van der Waals surface area contributed by atoms with E-state index in [0.29, 0.717) is 28.3 Å². The first kappa shape index (κ1) is 18.3. The standard InChI is InChI=1S/C18H20F2N2OS/c1-12(2)13-7-3-4-8-14(13)21-11-17(23)22-15-9-5-6-10-16(15)24-18(19)20/h3-10,12,18,21H,11H2,1-2H3,(H,22,23). The molecule has 0 heterocycles. The maximum atomic E-state index is 12.6. The minimum Gasteiger partial charge on any atom is -0.376 e. The summed E-state index contributed by atoms with van der Waals surface area (Å²) >= 11 is 0.419. The molecule has 0 aromatic heterocycles. The number of carbonyl (C=O) groups is 1. The monoisotopic (exact) mass is 350 g/mol. The van der Waals surface area contributed by atoms with E-state index in [1.807, 2.05) is 24.3 Å². The van der Waals surface area contributed by atoms with Crippen molar-refractivity contribution in [3.05, 3.63) is 54.1 Å². The van der Waals surface area contributed by atoms with E-state index in [4.69, 9.17) is 0 Å². The largest absolute Gasteiger partial charge is 0.376 e. The van der Waals surface area contributed by atoms with Crippen LogP contribution in [0.3, 0.4) is 0 Å². The van der Waals surface area contributed by atoms with Gasteiger partial charge in [-0.3, -0.25) is 4.79 Å². The van der Waals surface area contributed by atoms with Crippen molar-refractivity contribution in [2.24, 2.45) is 0 Å². The summed E-state index contributed by atoms with van der Waals surface area (Å²) in [6.07, 6.45) is 0. The van der Waals surface area contributed by atoms with Gasteiger partial charge in [0, 0.05) is 10.6 Å². The molecule has 0 saturated carbocycles. The van der Waals surface area contributed by atoms with Crippen LogP contribution in [-0.4, -0.2) is 18.2 Å². The Hall–Kier alpha value is -2.08. The summed E-state index contributed by atoms with van der Waals surface area (Å²) in [5.74, 6) is -2.48. The Morgan fingerprint density at radius 3 is 2.33 bits per heavy atom. The van der Waals surface area contributed by atoms with Gasteiger partial charge in [0.2, 0.25) is 5.91 Å². The minimum atomic E-state index is -2.53. The van der Waals surface area contributed by atoms with Crippen LogP contribution in [0.2, 0.25) is 0 Å². The molecule has 6 heteroatoms. The lowest BCUT2D eigenvalue weighted by molar-refractivity contribution is -0.114. The highest BCUT2D eigenvalue weighted by Crippen LogP contribution is 2.31. The van der Waals surface area contributed by atoms with E-state index >= 15 is 0 Å². The summed E-state index contributed by atoms with van der Waals surface area (Å²) in [5.41, 5.74) is 2.42. The topological polar surface area (TPSA) is 41.1 Å². The second-order valence-corrected chi connectivity index (χ2v) is 6.55. The van der Waals surface area contributed by atoms with Gasteiger partial charge in [0.1, 0.15) is 0 Å². The zero-order chi connectivity index (χ0) is 17.5. The number of carbonyl (C=O) groups excluding carboxylic acids is 1. The molecule has 0 aliphatic rings. The minimum absolute atomic E-state index is 0.0669. The molecule has 2 rings (SSSR count). The number of amides is 1. The van der Waals surface area contributed by atoms with E-state index in [0.717, 1.165) is 11.3 Å². The van der Waals surface area contributed by atoms with E-state index in [1.165, 1.54) is 0 Å². The van der Waals surface area contributed by atoms with Gasteiger partial charge in [-0.25, -0.2) is 0 Å². The number of anilines is 2. The van der Waals surface area contributed by atoms with Gasteiger partial charge in [-0.15, -0.1) is 0 Å². The first-order valence-corrected chi connectivity index (χ1v) is 8.52. The predicted molar refractivity (Wildman–Crippen MR) is 96.0 cm³/mol. The van der Waals surface area contributed by atoms with Crippen LogP contribution in [0.25, 0.3) is 0 Å². The summed E-state index contributed by atoms with van der Waals surface area (Å²) in [6, 6.07) is 14.3. The zero-order valence-electron chi connectivity index (χ0n) is 13.6. The van der Waals surface area contributed by atoms with E-state index < -0.39 is 5.76 Å². The van der Waals surface area contributed by atoms with E-state index in [-0.39, 0.29) is 12.5 Å². The molecule has 128 valence electrons. The number of para-hydroxylation sites is 2. The molecule has 0 saturated heterocycles. The molecule has 1 amide bonds. The fourth-order valence-electron chi connectivity index (χ4n) is 2.30. The van der Waals surface area contributed by atoms with Gasteiger partial charge in [0.15, 0.2) is 0 Å². The van der Waals surface area contributed by atoms with Crippen molar-refractivity contribution in [3.8, 4) is 0 Å². The average Bonchev–Trinajstić information content (AvgIpc) is 2.54. The summed E-state index contributed by atoms with van der Waals surface area (Å²) in [4.78, 5) is 12.5.